The maximum Gasteiger partial charge on any atom is 0.277 e. The van der Waals surface area contributed by atoms with Gasteiger partial charge in [0.25, 0.3) is 5.91 Å². The summed E-state index contributed by atoms with van der Waals surface area (Å²) in [6.45, 7) is 1.93. The third-order valence-electron chi connectivity index (χ3n) is 3.10. The lowest BCUT2D eigenvalue weighted by molar-refractivity contribution is -0.123. The van der Waals surface area contributed by atoms with E-state index in [1.807, 2.05) is 30.3 Å². The van der Waals surface area contributed by atoms with Crippen LogP contribution in [0.25, 0.3) is 0 Å². The van der Waals surface area contributed by atoms with Gasteiger partial charge in [0.15, 0.2) is 6.61 Å². The van der Waals surface area contributed by atoms with Crippen LogP contribution in [-0.4, -0.2) is 18.2 Å². The molecule has 0 radical (unpaired) electrons. The second kappa shape index (κ2) is 8.96. The lowest BCUT2D eigenvalue weighted by Crippen LogP contribution is -2.26. The normalized spacial score (nSPS) is 11.1. The van der Waals surface area contributed by atoms with Crippen LogP contribution < -0.4 is 10.2 Å². The van der Waals surface area contributed by atoms with Crippen LogP contribution in [0.15, 0.2) is 59.7 Å². The van der Waals surface area contributed by atoms with Crippen LogP contribution in [0.5, 0.6) is 5.75 Å². The largest absolute Gasteiger partial charge is 0.482 e. The number of rotatable bonds is 7. The number of hydrogen-bond acceptors (Lipinski definition) is 3. The second-order valence-corrected chi connectivity index (χ2v) is 5.34. The quantitative estimate of drug-likeness (QED) is 0.615. The van der Waals surface area contributed by atoms with Crippen molar-refractivity contribution in [3.05, 3.63) is 65.2 Å². The van der Waals surface area contributed by atoms with Crippen LogP contribution >= 0.6 is 11.6 Å². The minimum absolute atomic E-state index is 0.137. The molecule has 1 N–H and O–H groups in total. The summed E-state index contributed by atoms with van der Waals surface area (Å²) >= 11 is 5.97. The Morgan fingerprint density at radius 2 is 1.83 bits per heavy atom. The molecule has 2 aromatic carbocycles. The number of ether oxygens (including phenoxy) is 1. The number of hydrogen-bond donors (Lipinski definition) is 1. The first kappa shape index (κ1) is 17.0. The Kier molecular flexibility index (Phi) is 6.63. The van der Waals surface area contributed by atoms with E-state index in [1.54, 1.807) is 24.3 Å². The zero-order valence-electron chi connectivity index (χ0n) is 13.0. The summed E-state index contributed by atoms with van der Waals surface area (Å²) in [6, 6.07) is 16.8. The van der Waals surface area contributed by atoms with Gasteiger partial charge in [-0.25, -0.2) is 5.43 Å². The topological polar surface area (TPSA) is 50.7 Å². The number of carbonyl (C=O) groups is 1. The number of benzene rings is 2. The molecule has 0 bridgehead atoms. The lowest BCUT2D eigenvalue weighted by Gasteiger charge is -2.08. The van der Waals surface area contributed by atoms with Crippen LogP contribution in [0, 0.1) is 0 Å². The molecule has 0 unspecified atom stereocenters. The highest BCUT2D eigenvalue weighted by atomic mass is 35.5. The molecule has 0 heterocycles. The van der Waals surface area contributed by atoms with Crippen molar-refractivity contribution < 1.29 is 9.53 Å². The molecule has 5 heteroatoms. The van der Waals surface area contributed by atoms with E-state index in [2.05, 4.69) is 17.5 Å². The molecule has 0 aromatic heterocycles. The van der Waals surface area contributed by atoms with Gasteiger partial charge in [-0.1, -0.05) is 67.4 Å². The van der Waals surface area contributed by atoms with Gasteiger partial charge in [-0.05, 0) is 24.1 Å². The number of hydrazone groups is 1. The summed E-state index contributed by atoms with van der Waals surface area (Å²) in [7, 11) is 0. The first-order valence-corrected chi connectivity index (χ1v) is 7.86. The molecule has 0 atom stereocenters. The van der Waals surface area contributed by atoms with E-state index in [-0.39, 0.29) is 12.5 Å². The number of nitrogens with one attached hydrogen (secondary N) is 1. The van der Waals surface area contributed by atoms with Crippen molar-refractivity contribution in [2.75, 3.05) is 6.61 Å². The fourth-order valence-corrected chi connectivity index (χ4v) is 2.19. The van der Waals surface area contributed by atoms with E-state index in [9.17, 15) is 4.79 Å². The fourth-order valence-electron chi connectivity index (χ4n) is 2.00. The van der Waals surface area contributed by atoms with Gasteiger partial charge >= 0.3 is 0 Å². The maximum absolute atomic E-state index is 11.9. The highest BCUT2D eigenvalue weighted by Gasteiger charge is 2.06. The van der Waals surface area contributed by atoms with Gasteiger partial charge in [0.2, 0.25) is 0 Å². The Bertz CT molecular complexity index is 672. The number of amides is 1. The number of para-hydroxylation sites is 1. The minimum atomic E-state index is -0.325. The summed E-state index contributed by atoms with van der Waals surface area (Å²) in [4.78, 5) is 11.9. The Labute approximate surface area is 141 Å². The Morgan fingerprint density at radius 3 is 2.52 bits per heavy atom. The molecular weight excluding hydrogens is 312 g/mol. The number of nitrogens with zero attached hydrogens (tertiary/aromatic N) is 1. The summed E-state index contributed by atoms with van der Waals surface area (Å²) in [5.41, 5.74) is 4.38. The predicted molar refractivity (Wildman–Crippen MR) is 93.0 cm³/mol. The Hall–Kier alpha value is -2.33. The highest BCUT2D eigenvalue weighted by Crippen LogP contribution is 2.22. The molecule has 0 aliphatic carbocycles. The van der Waals surface area contributed by atoms with E-state index in [0.717, 1.165) is 24.1 Å². The fraction of sp³-hybridized carbons (Fsp3) is 0.222. The van der Waals surface area contributed by atoms with E-state index in [1.165, 1.54) is 0 Å². The van der Waals surface area contributed by atoms with Crippen molar-refractivity contribution in [3.63, 3.8) is 0 Å². The second-order valence-electron chi connectivity index (χ2n) is 4.93. The molecule has 2 rings (SSSR count). The first-order valence-electron chi connectivity index (χ1n) is 7.49. The molecular formula is C18H19ClN2O2. The van der Waals surface area contributed by atoms with Gasteiger partial charge < -0.3 is 4.74 Å². The molecule has 2 aromatic rings. The third-order valence-corrected chi connectivity index (χ3v) is 3.42. The van der Waals surface area contributed by atoms with E-state index in [4.69, 9.17) is 16.3 Å². The van der Waals surface area contributed by atoms with Gasteiger partial charge in [-0.2, -0.15) is 5.10 Å². The van der Waals surface area contributed by atoms with E-state index in [0.29, 0.717) is 10.8 Å². The minimum Gasteiger partial charge on any atom is -0.482 e. The SMILES string of the molecule is CCC/C(=N\NC(=O)COc1ccccc1Cl)c1ccccc1. The molecule has 120 valence electrons. The molecule has 0 saturated carbocycles. The molecule has 0 aliphatic rings. The molecule has 4 nitrogen and oxygen atoms in total. The van der Waals surface area contributed by atoms with Gasteiger partial charge in [0.05, 0.1) is 10.7 Å². The number of carbonyl (C=O) groups excluding carboxylic acids is 1. The molecule has 1 amide bonds. The van der Waals surface area contributed by atoms with Crippen LogP contribution in [-0.2, 0) is 4.79 Å². The van der Waals surface area contributed by atoms with Crippen LogP contribution in [0.1, 0.15) is 25.3 Å². The van der Waals surface area contributed by atoms with E-state index >= 15 is 0 Å². The maximum atomic E-state index is 11.9. The zero-order chi connectivity index (χ0) is 16.5. The zero-order valence-corrected chi connectivity index (χ0v) is 13.7. The van der Waals surface area contributed by atoms with Crippen molar-refractivity contribution >= 4 is 23.2 Å². The van der Waals surface area contributed by atoms with Gasteiger partial charge in [0.1, 0.15) is 5.75 Å². The van der Waals surface area contributed by atoms with Crippen molar-refractivity contribution in [2.45, 2.75) is 19.8 Å². The van der Waals surface area contributed by atoms with Crippen LogP contribution in [0.3, 0.4) is 0 Å². The number of halogens is 1. The van der Waals surface area contributed by atoms with Crippen molar-refractivity contribution in [1.29, 1.82) is 0 Å². The summed E-state index contributed by atoms with van der Waals surface area (Å²) in [6.07, 6.45) is 1.73. The van der Waals surface area contributed by atoms with Crippen molar-refractivity contribution in [3.8, 4) is 5.75 Å². The van der Waals surface area contributed by atoms with Crippen LogP contribution in [0.2, 0.25) is 5.02 Å². The van der Waals surface area contributed by atoms with Crippen molar-refractivity contribution in [1.82, 2.24) is 5.43 Å². The Balaban J connectivity index is 1.94. The smallest absolute Gasteiger partial charge is 0.277 e. The monoisotopic (exact) mass is 330 g/mol. The Morgan fingerprint density at radius 1 is 1.13 bits per heavy atom. The average molecular weight is 331 g/mol. The van der Waals surface area contributed by atoms with Gasteiger partial charge in [-0.15, -0.1) is 0 Å². The molecule has 0 spiro atoms. The average Bonchev–Trinajstić information content (AvgIpc) is 2.58. The van der Waals surface area contributed by atoms with Crippen molar-refractivity contribution in [2.24, 2.45) is 5.10 Å². The predicted octanol–water partition coefficient (Wildman–Crippen LogP) is 4.04. The summed E-state index contributed by atoms with van der Waals surface area (Å²) in [5, 5.41) is 4.69. The van der Waals surface area contributed by atoms with Crippen LogP contribution in [0.4, 0.5) is 0 Å². The van der Waals surface area contributed by atoms with E-state index < -0.39 is 0 Å². The first-order chi connectivity index (χ1) is 11.2. The standard InChI is InChI=1S/C18H19ClN2O2/c1-2-8-16(14-9-4-3-5-10-14)20-21-18(22)13-23-17-12-7-6-11-15(17)19/h3-7,9-12H,2,8,13H2,1H3,(H,21,22)/b20-16+. The van der Waals surface area contributed by atoms with Gasteiger partial charge in [-0.3, -0.25) is 4.79 Å². The highest BCUT2D eigenvalue weighted by molar-refractivity contribution is 6.32. The molecule has 0 aliphatic heterocycles. The summed E-state index contributed by atoms with van der Waals surface area (Å²) in [5.74, 6) is 0.152. The third kappa shape index (κ3) is 5.42. The molecule has 0 saturated heterocycles. The molecule has 23 heavy (non-hydrogen) atoms. The van der Waals surface area contributed by atoms with Gasteiger partial charge in [0, 0.05) is 0 Å². The summed E-state index contributed by atoms with van der Waals surface area (Å²) < 4.78 is 5.38. The lowest BCUT2D eigenvalue weighted by atomic mass is 10.1. The molecule has 0 fully saturated rings.